The zero-order valence-corrected chi connectivity index (χ0v) is 10.9. The molecule has 0 bridgehead atoms. The van der Waals surface area contributed by atoms with Gasteiger partial charge in [0, 0.05) is 6.54 Å². The second-order valence-corrected chi connectivity index (χ2v) is 5.07. The zero-order chi connectivity index (χ0) is 14.5. The molecule has 1 aliphatic carbocycles. The number of aliphatic carboxylic acids is 2. The maximum atomic E-state index is 11.5. The second-order valence-electron chi connectivity index (χ2n) is 5.07. The molecule has 0 aromatic carbocycles. The van der Waals surface area contributed by atoms with Gasteiger partial charge in [0.1, 0.15) is 6.04 Å². The van der Waals surface area contributed by atoms with Gasteiger partial charge in [-0.3, -0.25) is 4.79 Å². The van der Waals surface area contributed by atoms with Crippen LogP contribution in [0.25, 0.3) is 0 Å². The summed E-state index contributed by atoms with van der Waals surface area (Å²) in [4.78, 5) is 32.8. The van der Waals surface area contributed by atoms with Gasteiger partial charge < -0.3 is 20.8 Å². The van der Waals surface area contributed by atoms with Gasteiger partial charge in [-0.1, -0.05) is 13.3 Å². The molecule has 1 fully saturated rings. The van der Waals surface area contributed by atoms with Crippen LogP contribution in [0.1, 0.15) is 39.0 Å². The van der Waals surface area contributed by atoms with E-state index in [1.54, 1.807) is 0 Å². The van der Waals surface area contributed by atoms with Gasteiger partial charge in [0.25, 0.3) is 0 Å². The van der Waals surface area contributed by atoms with Gasteiger partial charge in [-0.05, 0) is 24.7 Å². The number of carbonyl (C=O) groups excluding carboxylic acids is 1. The Morgan fingerprint density at radius 2 is 1.89 bits per heavy atom. The van der Waals surface area contributed by atoms with Crippen LogP contribution in [-0.2, 0) is 9.59 Å². The van der Waals surface area contributed by atoms with Crippen molar-refractivity contribution in [2.75, 3.05) is 6.54 Å². The van der Waals surface area contributed by atoms with Crippen LogP contribution in [0.5, 0.6) is 0 Å². The number of hydrogen-bond acceptors (Lipinski definition) is 3. The minimum Gasteiger partial charge on any atom is -0.481 e. The van der Waals surface area contributed by atoms with E-state index < -0.39 is 30.4 Å². The standard InChI is InChI=1S/C12H20N2O5/c1-2-3-12(4-5-12)7-13-11(19)14-8(10(17)18)6-9(15)16/h8H,2-7H2,1H3,(H,15,16)(H,17,18)(H2,13,14,19). The van der Waals surface area contributed by atoms with E-state index in [0.29, 0.717) is 6.54 Å². The van der Waals surface area contributed by atoms with Gasteiger partial charge in [-0.2, -0.15) is 0 Å². The zero-order valence-electron chi connectivity index (χ0n) is 10.9. The number of rotatable bonds is 8. The SMILES string of the molecule is CCCC1(CNC(=O)NC(CC(=O)O)C(=O)O)CC1. The first-order chi connectivity index (χ1) is 8.88. The van der Waals surface area contributed by atoms with E-state index in [9.17, 15) is 14.4 Å². The average Bonchev–Trinajstić information content (AvgIpc) is 3.06. The lowest BCUT2D eigenvalue weighted by molar-refractivity contribution is -0.145. The number of nitrogens with one attached hydrogen (secondary N) is 2. The fourth-order valence-electron chi connectivity index (χ4n) is 2.07. The van der Waals surface area contributed by atoms with Gasteiger partial charge >= 0.3 is 18.0 Å². The van der Waals surface area contributed by atoms with Crippen molar-refractivity contribution in [3.05, 3.63) is 0 Å². The lowest BCUT2D eigenvalue weighted by Gasteiger charge is -2.17. The van der Waals surface area contributed by atoms with Crippen LogP contribution >= 0.6 is 0 Å². The van der Waals surface area contributed by atoms with Crippen molar-refractivity contribution >= 4 is 18.0 Å². The molecule has 1 saturated carbocycles. The molecule has 1 atom stereocenters. The molecule has 0 aliphatic heterocycles. The van der Waals surface area contributed by atoms with E-state index in [1.807, 2.05) is 0 Å². The summed E-state index contributed by atoms with van der Waals surface area (Å²) in [5.74, 6) is -2.62. The maximum absolute atomic E-state index is 11.5. The number of carbonyl (C=O) groups is 3. The molecule has 19 heavy (non-hydrogen) atoms. The molecule has 108 valence electrons. The minimum atomic E-state index is -1.40. The largest absolute Gasteiger partial charge is 0.481 e. The third-order valence-corrected chi connectivity index (χ3v) is 3.34. The highest BCUT2D eigenvalue weighted by Crippen LogP contribution is 2.48. The van der Waals surface area contributed by atoms with E-state index >= 15 is 0 Å². The molecule has 2 amide bonds. The first-order valence-corrected chi connectivity index (χ1v) is 6.37. The van der Waals surface area contributed by atoms with Gasteiger partial charge in [0.2, 0.25) is 0 Å². The number of urea groups is 1. The first kappa shape index (κ1) is 15.3. The Morgan fingerprint density at radius 1 is 1.26 bits per heavy atom. The van der Waals surface area contributed by atoms with Crippen molar-refractivity contribution in [1.82, 2.24) is 10.6 Å². The van der Waals surface area contributed by atoms with Crippen LogP contribution in [0.4, 0.5) is 4.79 Å². The molecule has 0 heterocycles. The molecule has 4 N–H and O–H groups in total. The van der Waals surface area contributed by atoms with Gasteiger partial charge in [-0.15, -0.1) is 0 Å². The van der Waals surface area contributed by atoms with Crippen molar-refractivity contribution in [3.63, 3.8) is 0 Å². The van der Waals surface area contributed by atoms with Gasteiger partial charge in [0.05, 0.1) is 6.42 Å². The van der Waals surface area contributed by atoms with Crippen LogP contribution in [0.15, 0.2) is 0 Å². The van der Waals surface area contributed by atoms with E-state index in [4.69, 9.17) is 10.2 Å². The predicted molar refractivity (Wildman–Crippen MR) is 66.8 cm³/mol. The molecule has 1 unspecified atom stereocenters. The fourth-order valence-corrected chi connectivity index (χ4v) is 2.07. The van der Waals surface area contributed by atoms with Crippen molar-refractivity contribution < 1.29 is 24.6 Å². The smallest absolute Gasteiger partial charge is 0.326 e. The summed E-state index contributed by atoms with van der Waals surface area (Å²) in [5.41, 5.74) is 0.164. The third kappa shape index (κ3) is 5.15. The quantitative estimate of drug-likeness (QED) is 0.521. The molecule has 1 rings (SSSR count). The lowest BCUT2D eigenvalue weighted by Crippen LogP contribution is -2.48. The molecular formula is C12H20N2O5. The summed E-state index contributed by atoms with van der Waals surface area (Å²) in [7, 11) is 0. The summed E-state index contributed by atoms with van der Waals surface area (Å²) < 4.78 is 0. The predicted octanol–water partition coefficient (Wildman–Crippen LogP) is 0.794. The fraction of sp³-hybridized carbons (Fsp3) is 0.750. The van der Waals surface area contributed by atoms with Crippen molar-refractivity contribution in [2.24, 2.45) is 5.41 Å². The molecule has 0 aromatic rings. The Balaban J connectivity index is 2.36. The summed E-state index contributed by atoms with van der Waals surface area (Å²) >= 11 is 0. The Hall–Kier alpha value is -1.79. The van der Waals surface area contributed by atoms with E-state index in [2.05, 4.69) is 17.6 Å². The molecule has 7 heteroatoms. The molecule has 0 aromatic heterocycles. The van der Waals surface area contributed by atoms with Crippen molar-refractivity contribution in [2.45, 2.75) is 45.1 Å². The number of carboxylic acids is 2. The van der Waals surface area contributed by atoms with Crippen molar-refractivity contribution in [3.8, 4) is 0 Å². The first-order valence-electron chi connectivity index (χ1n) is 6.37. The Kier molecular flexibility index (Phi) is 5.14. The Bertz CT molecular complexity index is 365. The number of hydrogen-bond donors (Lipinski definition) is 4. The molecular weight excluding hydrogens is 252 g/mol. The molecule has 0 spiro atoms. The summed E-state index contributed by atoms with van der Waals surface area (Å²) in [6.07, 6.45) is 3.57. The monoisotopic (exact) mass is 272 g/mol. The highest BCUT2D eigenvalue weighted by molar-refractivity contribution is 5.86. The normalized spacial score (nSPS) is 17.3. The summed E-state index contributed by atoms with van der Waals surface area (Å²) in [5, 5.41) is 22.1. The van der Waals surface area contributed by atoms with E-state index in [0.717, 1.165) is 25.7 Å². The molecule has 7 nitrogen and oxygen atoms in total. The van der Waals surface area contributed by atoms with E-state index in [-0.39, 0.29) is 5.41 Å². The topological polar surface area (TPSA) is 116 Å². The van der Waals surface area contributed by atoms with Crippen LogP contribution < -0.4 is 10.6 Å². The Morgan fingerprint density at radius 3 is 2.32 bits per heavy atom. The summed E-state index contributed by atoms with van der Waals surface area (Å²) in [6, 6.07) is -2.03. The highest BCUT2D eigenvalue weighted by atomic mass is 16.4. The number of amides is 2. The second kappa shape index (κ2) is 6.40. The molecule has 0 saturated heterocycles. The molecule has 0 radical (unpaired) electrons. The van der Waals surface area contributed by atoms with Gasteiger partial charge in [-0.25, -0.2) is 9.59 Å². The molecule has 1 aliphatic rings. The average molecular weight is 272 g/mol. The van der Waals surface area contributed by atoms with Crippen LogP contribution in [0, 0.1) is 5.41 Å². The van der Waals surface area contributed by atoms with Crippen molar-refractivity contribution in [1.29, 1.82) is 0 Å². The minimum absolute atomic E-state index is 0.164. The van der Waals surface area contributed by atoms with Gasteiger partial charge in [0.15, 0.2) is 0 Å². The maximum Gasteiger partial charge on any atom is 0.326 e. The Labute approximate surface area is 111 Å². The lowest BCUT2D eigenvalue weighted by atomic mass is 10.0. The third-order valence-electron chi connectivity index (χ3n) is 3.34. The van der Waals surface area contributed by atoms with Crippen LogP contribution in [0.2, 0.25) is 0 Å². The summed E-state index contributed by atoms with van der Waals surface area (Å²) in [6.45, 7) is 2.58. The number of carboxylic acid groups (broad SMARTS) is 2. The van der Waals surface area contributed by atoms with E-state index in [1.165, 1.54) is 0 Å². The highest BCUT2D eigenvalue weighted by Gasteiger charge is 2.41. The van der Waals surface area contributed by atoms with Crippen LogP contribution in [-0.4, -0.2) is 40.8 Å². The van der Waals surface area contributed by atoms with Crippen LogP contribution in [0.3, 0.4) is 0 Å².